The lowest BCUT2D eigenvalue weighted by atomic mass is 9.72. The number of ether oxygens (including phenoxy) is 3. The van der Waals surface area contributed by atoms with Gasteiger partial charge in [0.05, 0.1) is 46.5 Å². The number of halogens is 2. The van der Waals surface area contributed by atoms with E-state index in [2.05, 4.69) is 50.2 Å². The number of rotatable bonds is 7. The maximum Gasteiger partial charge on any atom is 0.202 e. The van der Waals surface area contributed by atoms with E-state index in [1.165, 1.54) is 28.9 Å². The van der Waals surface area contributed by atoms with E-state index in [0.29, 0.717) is 6.54 Å². The quantitative estimate of drug-likeness (QED) is 0.0464. The van der Waals surface area contributed by atoms with E-state index in [0.717, 1.165) is 5.56 Å². The Labute approximate surface area is 320 Å². The Morgan fingerprint density at radius 2 is 1.76 bits per heavy atom. The van der Waals surface area contributed by atoms with Gasteiger partial charge in [0, 0.05) is 45.6 Å². The molecule has 0 unspecified atom stereocenters. The van der Waals surface area contributed by atoms with Crippen LogP contribution in [0.2, 0.25) is 0 Å². The first-order valence-electron chi connectivity index (χ1n) is 15.9. The van der Waals surface area contributed by atoms with Crippen LogP contribution in [0.5, 0.6) is 17.2 Å². The first kappa shape index (κ1) is 38.8. The van der Waals surface area contributed by atoms with Crippen molar-refractivity contribution < 1.29 is 49.0 Å². The fourth-order valence-corrected chi connectivity index (χ4v) is 7.62. The van der Waals surface area contributed by atoms with Crippen LogP contribution in [0, 0.1) is 3.57 Å². The molecule has 14 nitrogen and oxygen atoms in total. The van der Waals surface area contributed by atoms with Crippen LogP contribution in [0.3, 0.4) is 0 Å². The van der Waals surface area contributed by atoms with Crippen molar-refractivity contribution in [2.75, 3.05) is 13.7 Å². The highest BCUT2D eigenvalue weighted by Crippen LogP contribution is 2.52. The molecule has 3 aromatic rings. The Bertz CT molecular complexity index is 1890. The molecule has 6 atom stereocenters. The number of alkyl halides is 1. The van der Waals surface area contributed by atoms with Crippen LogP contribution in [0.4, 0.5) is 0 Å². The zero-order valence-electron chi connectivity index (χ0n) is 27.6. The van der Waals surface area contributed by atoms with Gasteiger partial charge in [-0.15, -0.1) is 0 Å². The summed E-state index contributed by atoms with van der Waals surface area (Å²) in [6.45, 7) is 1.39. The highest BCUT2D eigenvalue weighted by atomic mass is 127. The van der Waals surface area contributed by atoms with Crippen molar-refractivity contribution in [1.29, 1.82) is 0 Å². The summed E-state index contributed by atoms with van der Waals surface area (Å²) in [6, 6.07) is 12.2. The summed E-state index contributed by atoms with van der Waals surface area (Å²) in [5, 5.41) is 43.7. The van der Waals surface area contributed by atoms with Crippen LogP contribution in [0.1, 0.15) is 74.4 Å². The Kier molecular flexibility index (Phi) is 11.9. The minimum atomic E-state index is -2.19. The highest BCUT2D eigenvalue weighted by molar-refractivity contribution is 14.1. The number of phenolic OH excluding ortho intramolecular Hbond substituents is 2. The van der Waals surface area contributed by atoms with Crippen molar-refractivity contribution in [2.24, 2.45) is 22.2 Å². The van der Waals surface area contributed by atoms with Crippen LogP contribution in [0.15, 0.2) is 47.5 Å². The minimum Gasteiger partial charge on any atom is -0.507 e. The summed E-state index contributed by atoms with van der Waals surface area (Å²) >= 11 is 4.43. The van der Waals surface area contributed by atoms with Gasteiger partial charge in [-0.25, -0.2) is 4.99 Å². The Morgan fingerprint density at radius 1 is 1.08 bits per heavy atom. The standard InChI is InChI=1S/C27H28INO10.C8H10IN3/c1-10-22(28)13(29)6-17(38-10)39-15-8-27(36,16(31)9-30)7-12-19(15)26(35)21-20(24(12)33)23(32)11-4-3-5-14(37-2)18(11)25(21)34;9-7-3-1-2-6(4-7)5-12-8(10)11/h3-5,10,13,15,17,22,30,33,35-36H,6-9,29H2,1-2H3;1-4H,5H2,(H4,10,11,12)/t10-,13-,15-,17-,22+,27-;/m0./s1. The summed E-state index contributed by atoms with van der Waals surface area (Å²) in [7, 11) is 1.34. The highest BCUT2D eigenvalue weighted by Gasteiger charge is 2.50. The smallest absolute Gasteiger partial charge is 0.202 e. The number of aliphatic imine (C=N–C) groups is 1. The number of methoxy groups -OCH3 is 1. The number of carbonyl (C=O) groups excluding carboxylic acids is 3. The lowest BCUT2D eigenvalue weighted by Crippen LogP contribution is -2.51. The molecule has 1 heterocycles. The van der Waals surface area contributed by atoms with Gasteiger partial charge in [0.2, 0.25) is 5.78 Å². The average Bonchev–Trinajstić information content (AvgIpc) is 3.09. The topological polar surface area (TPSA) is 250 Å². The van der Waals surface area contributed by atoms with Gasteiger partial charge in [-0.1, -0.05) is 46.9 Å². The van der Waals surface area contributed by atoms with Crippen LogP contribution < -0.4 is 21.9 Å². The molecule has 0 amide bonds. The van der Waals surface area contributed by atoms with Gasteiger partial charge in [-0.2, -0.15) is 0 Å². The average molecular weight is 929 g/mol. The molecule has 16 heteroatoms. The summed E-state index contributed by atoms with van der Waals surface area (Å²) < 4.78 is 18.6. The van der Waals surface area contributed by atoms with Crippen LogP contribution in [-0.2, 0) is 27.2 Å². The van der Waals surface area contributed by atoms with Crippen molar-refractivity contribution in [3.8, 4) is 17.2 Å². The molecule has 1 fully saturated rings. The molecule has 0 spiro atoms. The number of carbonyl (C=O) groups is 3. The zero-order chi connectivity index (χ0) is 37.4. The van der Waals surface area contributed by atoms with Crippen LogP contribution >= 0.6 is 45.2 Å². The Morgan fingerprint density at radius 3 is 2.39 bits per heavy atom. The van der Waals surface area contributed by atoms with Gasteiger partial charge in [-0.05, 0) is 53.3 Å². The molecule has 51 heavy (non-hydrogen) atoms. The van der Waals surface area contributed by atoms with E-state index in [1.54, 1.807) is 0 Å². The minimum absolute atomic E-state index is 0.00265. The number of hydrogen-bond donors (Lipinski definition) is 7. The second kappa shape index (κ2) is 15.7. The number of fused-ring (bicyclic) bond motifs is 3. The van der Waals surface area contributed by atoms with Gasteiger partial charge in [-0.3, -0.25) is 14.4 Å². The summed E-state index contributed by atoms with van der Waals surface area (Å²) in [5.41, 5.74) is 14.4. The molecule has 0 aromatic heterocycles. The largest absolute Gasteiger partial charge is 0.507 e. The number of ketones is 3. The maximum atomic E-state index is 13.7. The SMILES string of the molecule is COc1cccc2c1C(=O)c1c(O)c3c(c(O)c1C2=O)C[C@@](O)(C(=O)CO)C[C@@H]3O[C@H]1C[C@H](N)[C@H](I)[C@H](C)O1.NC(N)=NCc1cccc(I)c1. The fourth-order valence-electron chi connectivity index (χ4n) is 6.55. The Balaban J connectivity index is 0.000000357. The molecule has 3 aromatic carbocycles. The van der Waals surface area contributed by atoms with E-state index in [-0.39, 0.29) is 56.5 Å². The van der Waals surface area contributed by atoms with Crippen molar-refractivity contribution in [1.82, 2.24) is 0 Å². The first-order chi connectivity index (χ1) is 24.1. The number of guanidine groups is 1. The molecule has 0 radical (unpaired) electrons. The maximum absolute atomic E-state index is 13.7. The van der Waals surface area contributed by atoms with E-state index < -0.39 is 77.4 Å². The molecule has 6 rings (SSSR count). The number of Topliss-reactive ketones (excluding diaryl/α,β-unsaturated/α-hetero) is 1. The molecular weight excluding hydrogens is 890 g/mol. The number of benzene rings is 3. The van der Waals surface area contributed by atoms with Gasteiger partial charge in [0.25, 0.3) is 0 Å². The molecule has 0 saturated carbocycles. The summed E-state index contributed by atoms with van der Waals surface area (Å²) in [5.74, 6) is -3.43. The fraction of sp³-hybridized carbons (Fsp3) is 0.371. The van der Waals surface area contributed by atoms with E-state index in [1.807, 2.05) is 31.2 Å². The third-order valence-corrected chi connectivity index (χ3v) is 11.7. The summed E-state index contributed by atoms with van der Waals surface area (Å²) in [6.07, 6.45) is -3.14. The van der Waals surface area contributed by atoms with Gasteiger partial charge >= 0.3 is 0 Å². The third-order valence-electron chi connectivity index (χ3n) is 9.08. The normalized spacial score (nSPS) is 25.0. The number of hydrogen-bond acceptors (Lipinski definition) is 12. The van der Waals surface area contributed by atoms with Crippen molar-refractivity contribution in [3.05, 3.63) is 85.0 Å². The molecule has 10 N–H and O–H groups in total. The van der Waals surface area contributed by atoms with Crippen LogP contribution in [-0.4, -0.2) is 85.4 Å². The predicted octanol–water partition coefficient (Wildman–Crippen LogP) is 2.51. The van der Waals surface area contributed by atoms with E-state index in [9.17, 15) is 34.8 Å². The molecular formula is C35H38I2N4O10. The second-order valence-electron chi connectivity index (χ2n) is 12.5. The monoisotopic (exact) mass is 928 g/mol. The zero-order valence-corrected chi connectivity index (χ0v) is 32.0. The lowest BCUT2D eigenvalue weighted by Gasteiger charge is -2.42. The number of phenols is 2. The van der Waals surface area contributed by atoms with Gasteiger partial charge < -0.3 is 51.8 Å². The number of aliphatic hydroxyl groups excluding tert-OH is 1. The number of aromatic hydroxyl groups is 2. The number of aliphatic hydroxyl groups is 2. The van der Waals surface area contributed by atoms with Crippen LogP contribution in [0.25, 0.3) is 0 Å². The van der Waals surface area contributed by atoms with E-state index in [4.69, 9.17) is 31.4 Å². The molecule has 1 saturated heterocycles. The first-order valence-corrected chi connectivity index (χ1v) is 18.2. The molecule has 0 bridgehead atoms. The molecule has 272 valence electrons. The second-order valence-corrected chi connectivity index (χ2v) is 15.2. The van der Waals surface area contributed by atoms with Crippen molar-refractivity contribution in [3.63, 3.8) is 0 Å². The lowest BCUT2D eigenvalue weighted by molar-refractivity contribution is -0.222. The predicted molar refractivity (Wildman–Crippen MR) is 202 cm³/mol. The molecule has 3 aliphatic rings. The number of nitrogens with two attached hydrogens (primary N) is 3. The van der Waals surface area contributed by atoms with Gasteiger partial charge in [0.1, 0.15) is 29.5 Å². The molecule has 2 aliphatic carbocycles. The van der Waals surface area contributed by atoms with Crippen molar-refractivity contribution >= 4 is 68.5 Å². The molecule has 1 aliphatic heterocycles. The van der Waals surface area contributed by atoms with Crippen molar-refractivity contribution in [2.45, 2.75) is 66.8 Å². The van der Waals surface area contributed by atoms with Gasteiger partial charge in [0.15, 0.2) is 23.8 Å². The summed E-state index contributed by atoms with van der Waals surface area (Å²) in [4.78, 5) is 43.7. The Hall–Kier alpha value is -3.40. The number of nitrogens with zero attached hydrogens (tertiary/aromatic N) is 1. The third kappa shape index (κ3) is 7.72. The van der Waals surface area contributed by atoms with E-state index >= 15 is 0 Å².